The Kier molecular flexibility index (Phi) is 5.25. The highest BCUT2D eigenvalue weighted by molar-refractivity contribution is 5.96. The van der Waals surface area contributed by atoms with Crippen molar-refractivity contribution in [3.63, 3.8) is 0 Å². The number of carbonyl (C=O) groups is 2. The van der Waals surface area contributed by atoms with Crippen molar-refractivity contribution in [1.29, 1.82) is 0 Å². The number of amides is 1. The first-order chi connectivity index (χ1) is 10.6. The Hall–Kier alpha value is -2.24. The second kappa shape index (κ2) is 7.15. The number of nitrogens with one attached hydrogen (secondary N) is 1. The fourth-order valence-corrected chi connectivity index (χ4v) is 2.88. The van der Waals surface area contributed by atoms with E-state index in [0.717, 1.165) is 12.8 Å². The van der Waals surface area contributed by atoms with Gasteiger partial charge in [0.15, 0.2) is 0 Å². The molecule has 1 aliphatic rings. The lowest BCUT2D eigenvalue weighted by Crippen LogP contribution is -2.36. The van der Waals surface area contributed by atoms with Crippen LogP contribution in [-0.2, 0) is 9.59 Å². The molecule has 0 heterocycles. The molecule has 6 nitrogen and oxygen atoms in total. The van der Waals surface area contributed by atoms with Crippen molar-refractivity contribution in [2.24, 2.45) is 11.8 Å². The summed E-state index contributed by atoms with van der Waals surface area (Å²) in [6.07, 6.45) is 2.86. The van der Waals surface area contributed by atoms with Gasteiger partial charge in [-0.25, -0.2) is 0 Å². The molecular formula is C16H21NO5. The van der Waals surface area contributed by atoms with Crippen molar-refractivity contribution >= 4 is 17.6 Å². The van der Waals surface area contributed by atoms with Crippen LogP contribution >= 0.6 is 0 Å². The number of carboxylic acids is 1. The van der Waals surface area contributed by atoms with E-state index in [2.05, 4.69) is 5.32 Å². The zero-order chi connectivity index (χ0) is 16.1. The lowest BCUT2D eigenvalue weighted by molar-refractivity contribution is -0.147. The van der Waals surface area contributed by atoms with Gasteiger partial charge in [-0.2, -0.15) is 0 Å². The molecular weight excluding hydrogens is 286 g/mol. The quantitative estimate of drug-likeness (QED) is 0.873. The van der Waals surface area contributed by atoms with Crippen molar-refractivity contribution in [3.8, 4) is 11.5 Å². The molecule has 0 radical (unpaired) electrons. The highest BCUT2D eigenvalue weighted by Gasteiger charge is 2.35. The molecule has 1 aromatic carbocycles. The van der Waals surface area contributed by atoms with Crippen molar-refractivity contribution < 1.29 is 24.2 Å². The van der Waals surface area contributed by atoms with E-state index in [9.17, 15) is 14.7 Å². The van der Waals surface area contributed by atoms with Crippen LogP contribution in [0.3, 0.4) is 0 Å². The summed E-state index contributed by atoms with van der Waals surface area (Å²) in [5.41, 5.74) is 0.488. The van der Waals surface area contributed by atoms with E-state index < -0.39 is 17.8 Å². The number of carbonyl (C=O) groups excluding carboxylic acids is 1. The third-order valence-electron chi connectivity index (χ3n) is 4.08. The molecule has 120 valence electrons. The van der Waals surface area contributed by atoms with Gasteiger partial charge < -0.3 is 19.9 Å². The van der Waals surface area contributed by atoms with Crippen LogP contribution in [0.5, 0.6) is 11.5 Å². The first-order valence-corrected chi connectivity index (χ1v) is 7.32. The smallest absolute Gasteiger partial charge is 0.307 e. The highest BCUT2D eigenvalue weighted by atomic mass is 16.5. The number of hydrogen-bond acceptors (Lipinski definition) is 4. The minimum Gasteiger partial charge on any atom is -0.497 e. The van der Waals surface area contributed by atoms with Crippen molar-refractivity contribution in [2.75, 3.05) is 19.5 Å². The Morgan fingerprint density at radius 2 is 1.82 bits per heavy atom. The van der Waals surface area contributed by atoms with E-state index in [1.807, 2.05) is 0 Å². The monoisotopic (exact) mass is 307 g/mol. The van der Waals surface area contributed by atoms with Crippen LogP contribution in [0.15, 0.2) is 18.2 Å². The number of benzene rings is 1. The number of carboxylic acid groups (broad SMARTS) is 1. The normalized spacial score (nSPS) is 21.0. The van der Waals surface area contributed by atoms with E-state index in [1.165, 1.54) is 14.2 Å². The number of rotatable bonds is 5. The van der Waals surface area contributed by atoms with Gasteiger partial charge >= 0.3 is 5.97 Å². The van der Waals surface area contributed by atoms with Crippen LogP contribution in [0, 0.1) is 11.8 Å². The SMILES string of the molecule is COc1ccc(OC)c(NC(=O)C2CCCCC2C(=O)O)c1. The maximum atomic E-state index is 12.5. The molecule has 0 bridgehead atoms. The van der Waals surface area contributed by atoms with Gasteiger partial charge in [-0.15, -0.1) is 0 Å². The van der Waals surface area contributed by atoms with Gasteiger partial charge in [0.05, 0.1) is 31.7 Å². The molecule has 1 saturated carbocycles. The standard InChI is InChI=1S/C16H21NO5/c1-21-10-7-8-14(22-2)13(9-10)17-15(18)11-5-3-4-6-12(11)16(19)20/h7-9,11-12H,3-6H2,1-2H3,(H,17,18)(H,19,20). The zero-order valence-electron chi connectivity index (χ0n) is 12.8. The lowest BCUT2D eigenvalue weighted by Gasteiger charge is -2.27. The van der Waals surface area contributed by atoms with Crippen LogP contribution in [0.1, 0.15) is 25.7 Å². The minimum absolute atomic E-state index is 0.279. The van der Waals surface area contributed by atoms with Gasteiger partial charge in [-0.05, 0) is 25.0 Å². The highest BCUT2D eigenvalue weighted by Crippen LogP contribution is 2.34. The fraction of sp³-hybridized carbons (Fsp3) is 0.500. The van der Waals surface area contributed by atoms with Crippen LogP contribution in [-0.4, -0.2) is 31.2 Å². The van der Waals surface area contributed by atoms with Crippen LogP contribution < -0.4 is 14.8 Å². The van der Waals surface area contributed by atoms with Crippen molar-refractivity contribution in [2.45, 2.75) is 25.7 Å². The minimum atomic E-state index is -0.905. The molecule has 6 heteroatoms. The molecule has 1 aliphatic carbocycles. The first-order valence-electron chi connectivity index (χ1n) is 7.32. The van der Waals surface area contributed by atoms with Gasteiger partial charge in [0.25, 0.3) is 0 Å². The fourth-order valence-electron chi connectivity index (χ4n) is 2.88. The topological polar surface area (TPSA) is 84.9 Å². The predicted octanol–water partition coefficient (Wildman–Crippen LogP) is 2.53. The molecule has 1 aromatic rings. The summed E-state index contributed by atoms with van der Waals surface area (Å²) < 4.78 is 10.4. The summed E-state index contributed by atoms with van der Waals surface area (Å²) in [5, 5.41) is 12.1. The molecule has 2 unspecified atom stereocenters. The average molecular weight is 307 g/mol. The Labute approximate surface area is 129 Å². The molecule has 22 heavy (non-hydrogen) atoms. The second-order valence-corrected chi connectivity index (χ2v) is 5.39. The Bertz CT molecular complexity index is 557. The molecule has 0 saturated heterocycles. The largest absolute Gasteiger partial charge is 0.497 e. The third kappa shape index (κ3) is 3.50. The second-order valence-electron chi connectivity index (χ2n) is 5.39. The van der Waals surface area contributed by atoms with Gasteiger partial charge in [-0.3, -0.25) is 9.59 Å². The van der Waals surface area contributed by atoms with Gasteiger partial charge in [-0.1, -0.05) is 12.8 Å². The molecule has 0 aromatic heterocycles. The lowest BCUT2D eigenvalue weighted by atomic mass is 9.78. The summed E-state index contributed by atoms with van der Waals surface area (Å²) in [5.74, 6) is -1.21. The zero-order valence-corrected chi connectivity index (χ0v) is 12.8. The average Bonchev–Trinajstić information content (AvgIpc) is 2.54. The summed E-state index contributed by atoms with van der Waals surface area (Å²) in [4.78, 5) is 23.8. The summed E-state index contributed by atoms with van der Waals surface area (Å²) in [7, 11) is 3.05. The maximum Gasteiger partial charge on any atom is 0.307 e. The maximum absolute atomic E-state index is 12.5. The van der Waals surface area contributed by atoms with Gasteiger partial charge in [0.2, 0.25) is 5.91 Å². The van der Waals surface area contributed by atoms with Crippen molar-refractivity contribution in [1.82, 2.24) is 0 Å². The van der Waals surface area contributed by atoms with Gasteiger partial charge in [0.1, 0.15) is 11.5 Å². The molecule has 0 spiro atoms. The molecule has 2 N–H and O–H groups in total. The Morgan fingerprint density at radius 1 is 1.14 bits per heavy atom. The molecule has 0 aliphatic heterocycles. The van der Waals surface area contributed by atoms with E-state index in [1.54, 1.807) is 18.2 Å². The van der Waals surface area contributed by atoms with E-state index in [-0.39, 0.29) is 5.91 Å². The summed E-state index contributed by atoms with van der Waals surface area (Å²) >= 11 is 0. The Balaban J connectivity index is 2.18. The van der Waals surface area contributed by atoms with Crippen molar-refractivity contribution in [3.05, 3.63) is 18.2 Å². The molecule has 1 amide bonds. The molecule has 2 rings (SSSR count). The Morgan fingerprint density at radius 3 is 2.41 bits per heavy atom. The molecule has 1 fully saturated rings. The van der Waals surface area contributed by atoms with Crippen LogP contribution in [0.2, 0.25) is 0 Å². The van der Waals surface area contributed by atoms with E-state index >= 15 is 0 Å². The number of hydrogen-bond donors (Lipinski definition) is 2. The number of ether oxygens (including phenoxy) is 2. The summed E-state index contributed by atoms with van der Waals surface area (Å²) in [6.45, 7) is 0. The third-order valence-corrected chi connectivity index (χ3v) is 4.08. The number of anilines is 1. The van der Waals surface area contributed by atoms with E-state index in [4.69, 9.17) is 9.47 Å². The first kappa shape index (κ1) is 16.1. The predicted molar refractivity (Wildman–Crippen MR) is 81.3 cm³/mol. The van der Waals surface area contributed by atoms with Crippen LogP contribution in [0.4, 0.5) is 5.69 Å². The van der Waals surface area contributed by atoms with E-state index in [0.29, 0.717) is 30.0 Å². The molecule has 2 atom stereocenters. The number of methoxy groups -OCH3 is 2. The summed E-state index contributed by atoms with van der Waals surface area (Å²) in [6, 6.07) is 5.09. The van der Waals surface area contributed by atoms with Crippen LogP contribution in [0.25, 0.3) is 0 Å². The van der Waals surface area contributed by atoms with Gasteiger partial charge in [0, 0.05) is 6.07 Å². The number of aliphatic carboxylic acids is 1.